The van der Waals surface area contributed by atoms with Crippen molar-refractivity contribution < 1.29 is 0 Å². The summed E-state index contributed by atoms with van der Waals surface area (Å²) in [6.07, 6.45) is 3.65. The van der Waals surface area contributed by atoms with Gasteiger partial charge in [0.15, 0.2) is 0 Å². The molecule has 17 heavy (non-hydrogen) atoms. The van der Waals surface area contributed by atoms with Gasteiger partial charge in [-0.3, -0.25) is 0 Å². The summed E-state index contributed by atoms with van der Waals surface area (Å²) in [4.78, 5) is 9.04. The van der Waals surface area contributed by atoms with Gasteiger partial charge in [-0.1, -0.05) is 25.4 Å². The van der Waals surface area contributed by atoms with E-state index in [1.807, 2.05) is 18.7 Å². The molecule has 1 heterocycles. The molecule has 0 atom stereocenters. The monoisotopic (exact) mass is 270 g/mol. The van der Waals surface area contributed by atoms with Crippen LogP contribution < -0.4 is 0 Å². The van der Waals surface area contributed by atoms with Crippen molar-refractivity contribution in [2.75, 3.05) is 5.75 Å². The third-order valence-electron chi connectivity index (χ3n) is 2.94. The Morgan fingerprint density at radius 3 is 2.65 bits per heavy atom. The van der Waals surface area contributed by atoms with Gasteiger partial charge in [-0.05, 0) is 37.9 Å². The molecule has 0 spiro atoms. The van der Waals surface area contributed by atoms with Crippen LogP contribution in [0, 0.1) is 12.8 Å². The van der Waals surface area contributed by atoms with Crippen LogP contribution in [-0.4, -0.2) is 15.7 Å². The van der Waals surface area contributed by atoms with Crippen molar-refractivity contribution >= 4 is 23.4 Å². The average molecular weight is 271 g/mol. The number of halogens is 1. The van der Waals surface area contributed by atoms with E-state index in [9.17, 15) is 0 Å². The average Bonchev–Trinajstić information content (AvgIpc) is 3.07. The molecular formula is C13H19ClN2S. The standard InChI is InChI=1S/C13H19ClN2S/c1-8(2)6-7-17-13-9(3)11(14)15-12(16-13)10-4-5-10/h8,10H,4-7H2,1-3H3. The van der Waals surface area contributed by atoms with Gasteiger partial charge < -0.3 is 0 Å². The Bertz CT molecular complexity index is 403. The molecule has 2 rings (SSSR count). The van der Waals surface area contributed by atoms with E-state index in [0.29, 0.717) is 11.1 Å². The molecular weight excluding hydrogens is 252 g/mol. The van der Waals surface area contributed by atoms with Crippen LogP contribution in [0.1, 0.15) is 50.4 Å². The summed E-state index contributed by atoms with van der Waals surface area (Å²) in [6.45, 7) is 6.50. The Kier molecular flexibility index (Phi) is 4.31. The molecule has 0 aromatic carbocycles. The van der Waals surface area contributed by atoms with Gasteiger partial charge in [-0.2, -0.15) is 0 Å². The van der Waals surface area contributed by atoms with Crippen molar-refractivity contribution in [2.24, 2.45) is 5.92 Å². The highest BCUT2D eigenvalue weighted by atomic mass is 35.5. The van der Waals surface area contributed by atoms with Gasteiger partial charge in [0.05, 0.1) is 0 Å². The zero-order chi connectivity index (χ0) is 12.4. The van der Waals surface area contributed by atoms with Gasteiger partial charge in [0.1, 0.15) is 16.0 Å². The minimum Gasteiger partial charge on any atom is -0.226 e. The minimum atomic E-state index is 0.567. The summed E-state index contributed by atoms with van der Waals surface area (Å²) >= 11 is 7.98. The Hall–Kier alpha value is -0.280. The summed E-state index contributed by atoms with van der Waals surface area (Å²) < 4.78 is 0. The molecule has 1 aliphatic carbocycles. The van der Waals surface area contributed by atoms with Crippen LogP contribution in [0.5, 0.6) is 0 Å². The summed E-state index contributed by atoms with van der Waals surface area (Å²) in [5, 5.41) is 1.71. The summed E-state index contributed by atoms with van der Waals surface area (Å²) in [6, 6.07) is 0. The third-order valence-corrected chi connectivity index (χ3v) is 4.41. The highest BCUT2D eigenvalue weighted by Gasteiger charge is 2.28. The number of aromatic nitrogens is 2. The number of hydrogen-bond acceptors (Lipinski definition) is 3. The van der Waals surface area contributed by atoms with Crippen LogP contribution in [0.3, 0.4) is 0 Å². The first-order valence-electron chi connectivity index (χ1n) is 6.24. The molecule has 94 valence electrons. The van der Waals surface area contributed by atoms with Crippen molar-refractivity contribution in [1.82, 2.24) is 9.97 Å². The van der Waals surface area contributed by atoms with Gasteiger partial charge >= 0.3 is 0 Å². The minimum absolute atomic E-state index is 0.567. The van der Waals surface area contributed by atoms with E-state index in [-0.39, 0.29) is 0 Å². The predicted octanol–water partition coefficient (Wildman–Crippen LogP) is 4.45. The smallest absolute Gasteiger partial charge is 0.136 e. The van der Waals surface area contributed by atoms with Crippen LogP contribution in [0.2, 0.25) is 5.15 Å². The Morgan fingerprint density at radius 1 is 1.35 bits per heavy atom. The largest absolute Gasteiger partial charge is 0.226 e. The lowest BCUT2D eigenvalue weighted by atomic mass is 10.2. The predicted molar refractivity (Wildman–Crippen MR) is 73.9 cm³/mol. The zero-order valence-electron chi connectivity index (χ0n) is 10.7. The summed E-state index contributed by atoms with van der Waals surface area (Å²) in [5.74, 6) is 3.36. The van der Waals surface area contributed by atoms with Crippen molar-refractivity contribution in [2.45, 2.75) is 51.0 Å². The van der Waals surface area contributed by atoms with Crippen LogP contribution in [0.4, 0.5) is 0 Å². The van der Waals surface area contributed by atoms with E-state index >= 15 is 0 Å². The highest BCUT2D eigenvalue weighted by Crippen LogP contribution is 2.40. The molecule has 0 N–H and O–H groups in total. The molecule has 4 heteroatoms. The molecule has 1 aromatic rings. The van der Waals surface area contributed by atoms with Crippen LogP contribution >= 0.6 is 23.4 Å². The fraction of sp³-hybridized carbons (Fsp3) is 0.692. The van der Waals surface area contributed by atoms with E-state index < -0.39 is 0 Å². The SMILES string of the molecule is Cc1c(Cl)nc(C2CC2)nc1SCCC(C)C. The molecule has 0 unspecified atom stereocenters. The van der Waals surface area contributed by atoms with Crippen LogP contribution in [0.25, 0.3) is 0 Å². The van der Waals surface area contributed by atoms with E-state index in [1.54, 1.807) is 0 Å². The van der Waals surface area contributed by atoms with Crippen molar-refractivity contribution in [3.05, 3.63) is 16.5 Å². The highest BCUT2D eigenvalue weighted by molar-refractivity contribution is 7.99. The molecule has 0 bridgehead atoms. The van der Waals surface area contributed by atoms with Gasteiger partial charge in [0, 0.05) is 11.5 Å². The maximum absolute atomic E-state index is 6.17. The molecule has 1 saturated carbocycles. The molecule has 0 aliphatic heterocycles. The lowest BCUT2D eigenvalue weighted by molar-refractivity contribution is 0.631. The summed E-state index contributed by atoms with van der Waals surface area (Å²) in [5.41, 5.74) is 1.03. The second-order valence-electron chi connectivity index (χ2n) is 5.11. The third kappa shape index (κ3) is 3.59. The molecule has 1 fully saturated rings. The Morgan fingerprint density at radius 2 is 2.06 bits per heavy atom. The first kappa shape index (κ1) is 13.2. The quantitative estimate of drug-likeness (QED) is 0.584. The number of thioether (sulfide) groups is 1. The lowest BCUT2D eigenvalue weighted by Crippen LogP contribution is -1.99. The lowest BCUT2D eigenvalue weighted by Gasteiger charge is -2.09. The normalized spacial score (nSPS) is 15.6. The Labute approximate surface area is 113 Å². The number of nitrogens with zero attached hydrogens (tertiary/aromatic N) is 2. The molecule has 0 amide bonds. The maximum atomic E-state index is 6.17. The van der Waals surface area contributed by atoms with E-state index in [2.05, 4.69) is 23.8 Å². The first-order valence-corrected chi connectivity index (χ1v) is 7.61. The fourth-order valence-corrected chi connectivity index (χ4v) is 3.03. The van der Waals surface area contributed by atoms with Crippen molar-refractivity contribution in [3.8, 4) is 0 Å². The summed E-state index contributed by atoms with van der Waals surface area (Å²) in [7, 11) is 0. The van der Waals surface area contributed by atoms with Crippen molar-refractivity contribution in [3.63, 3.8) is 0 Å². The molecule has 2 nitrogen and oxygen atoms in total. The second-order valence-corrected chi connectivity index (χ2v) is 6.55. The second kappa shape index (κ2) is 5.57. The van der Waals surface area contributed by atoms with Gasteiger partial charge in [0.2, 0.25) is 0 Å². The van der Waals surface area contributed by atoms with Crippen LogP contribution in [0.15, 0.2) is 5.03 Å². The number of rotatable bonds is 5. The molecule has 0 radical (unpaired) electrons. The zero-order valence-corrected chi connectivity index (χ0v) is 12.2. The van der Waals surface area contributed by atoms with Gasteiger partial charge in [0.25, 0.3) is 0 Å². The van der Waals surface area contributed by atoms with Crippen molar-refractivity contribution in [1.29, 1.82) is 0 Å². The fourth-order valence-electron chi connectivity index (χ4n) is 1.54. The first-order chi connectivity index (χ1) is 8.08. The van der Waals surface area contributed by atoms with Crippen LogP contribution in [-0.2, 0) is 0 Å². The van der Waals surface area contributed by atoms with E-state index in [4.69, 9.17) is 11.6 Å². The topological polar surface area (TPSA) is 25.8 Å². The van der Waals surface area contributed by atoms with E-state index in [1.165, 1.54) is 19.3 Å². The Balaban J connectivity index is 2.08. The van der Waals surface area contributed by atoms with Gasteiger partial charge in [-0.15, -0.1) is 11.8 Å². The molecule has 0 saturated heterocycles. The number of hydrogen-bond donors (Lipinski definition) is 0. The van der Waals surface area contributed by atoms with E-state index in [0.717, 1.165) is 28.1 Å². The molecule has 1 aliphatic rings. The maximum Gasteiger partial charge on any atom is 0.136 e. The molecule has 1 aromatic heterocycles. The van der Waals surface area contributed by atoms with Gasteiger partial charge in [-0.25, -0.2) is 9.97 Å².